The van der Waals surface area contributed by atoms with Gasteiger partial charge in [-0.3, -0.25) is 0 Å². The zero-order valence-corrected chi connectivity index (χ0v) is 14.7. The maximum atomic E-state index is 6.25. The molecule has 0 N–H and O–H groups in total. The summed E-state index contributed by atoms with van der Waals surface area (Å²) in [5, 5.41) is 0. The molecule has 1 aliphatic rings. The highest BCUT2D eigenvalue weighted by atomic mass is 16.5. The third-order valence-corrected chi connectivity index (χ3v) is 4.87. The Kier molecular flexibility index (Phi) is 4.70. The second kappa shape index (κ2) is 6.02. The number of ether oxygens (including phenoxy) is 1. The van der Waals surface area contributed by atoms with Crippen LogP contribution in [0.1, 0.15) is 72.8 Å². The van der Waals surface area contributed by atoms with Crippen molar-refractivity contribution in [3.8, 4) is 5.75 Å². The van der Waals surface area contributed by atoms with Crippen molar-refractivity contribution in [1.82, 2.24) is 0 Å². The molecule has 0 aromatic heterocycles. The average molecular weight is 288 g/mol. The summed E-state index contributed by atoms with van der Waals surface area (Å²) in [6.45, 7) is 13.8. The van der Waals surface area contributed by atoms with E-state index in [1.54, 1.807) is 0 Å². The Hall–Kier alpha value is -0.980. The number of hydrogen-bond acceptors (Lipinski definition) is 1. The zero-order valence-electron chi connectivity index (χ0n) is 14.7. The van der Waals surface area contributed by atoms with Gasteiger partial charge in [-0.15, -0.1) is 0 Å². The predicted molar refractivity (Wildman–Crippen MR) is 91.0 cm³/mol. The van der Waals surface area contributed by atoms with Gasteiger partial charge in [-0.05, 0) is 60.1 Å². The topological polar surface area (TPSA) is 9.23 Å². The molecule has 0 amide bonds. The summed E-state index contributed by atoms with van der Waals surface area (Å²) in [7, 11) is 0. The summed E-state index contributed by atoms with van der Waals surface area (Å²) in [5.41, 5.74) is 1.98. The van der Waals surface area contributed by atoms with Gasteiger partial charge in [-0.1, -0.05) is 53.7 Å². The van der Waals surface area contributed by atoms with E-state index in [-0.39, 0.29) is 5.41 Å². The van der Waals surface area contributed by atoms with Gasteiger partial charge in [0.25, 0.3) is 0 Å². The minimum absolute atomic E-state index is 0.209. The lowest BCUT2D eigenvalue weighted by atomic mass is 9.71. The molecule has 118 valence electrons. The van der Waals surface area contributed by atoms with E-state index in [2.05, 4.69) is 65.8 Å². The van der Waals surface area contributed by atoms with E-state index in [1.807, 2.05) is 0 Å². The van der Waals surface area contributed by atoms with Crippen molar-refractivity contribution >= 4 is 0 Å². The molecule has 0 radical (unpaired) electrons. The van der Waals surface area contributed by atoms with Crippen molar-refractivity contribution in [1.29, 1.82) is 0 Å². The molecular formula is C20H32O. The lowest BCUT2D eigenvalue weighted by Crippen LogP contribution is -2.32. The van der Waals surface area contributed by atoms with Crippen LogP contribution in [0.4, 0.5) is 0 Å². The Morgan fingerprint density at radius 2 is 1.52 bits per heavy atom. The molecule has 2 unspecified atom stereocenters. The summed E-state index contributed by atoms with van der Waals surface area (Å²) in [6.07, 6.45) is 5.44. The minimum Gasteiger partial charge on any atom is -0.490 e. The van der Waals surface area contributed by atoms with E-state index in [9.17, 15) is 0 Å². The molecule has 1 saturated carbocycles. The molecule has 0 spiro atoms. The Labute approximate surface area is 131 Å². The summed E-state index contributed by atoms with van der Waals surface area (Å²) in [5.74, 6) is 1.81. The molecular weight excluding hydrogens is 256 g/mol. The highest BCUT2D eigenvalue weighted by molar-refractivity contribution is 5.31. The normalized spacial score (nSPS) is 23.9. The molecule has 0 aliphatic heterocycles. The molecule has 1 aromatic rings. The Bertz CT molecular complexity index is 444. The molecule has 0 heterocycles. The van der Waals surface area contributed by atoms with Crippen LogP contribution in [-0.4, -0.2) is 6.10 Å². The smallest absolute Gasteiger partial charge is 0.119 e. The summed E-state index contributed by atoms with van der Waals surface area (Å²) < 4.78 is 6.25. The van der Waals surface area contributed by atoms with Crippen LogP contribution < -0.4 is 4.74 Å². The Morgan fingerprint density at radius 3 is 2.05 bits per heavy atom. The van der Waals surface area contributed by atoms with Crippen molar-refractivity contribution in [3.63, 3.8) is 0 Å². The van der Waals surface area contributed by atoms with Crippen LogP contribution in [0, 0.1) is 11.3 Å². The monoisotopic (exact) mass is 288 g/mol. The van der Waals surface area contributed by atoms with Gasteiger partial charge in [-0.2, -0.15) is 0 Å². The van der Waals surface area contributed by atoms with E-state index in [1.165, 1.54) is 31.2 Å². The Morgan fingerprint density at radius 1 is 0.905 bits per heavy atom. The number of hydrogen-bond donors (Lipinski definition) is 0. The van der Waals surface area contributed by atoms with Crippen LogP contribution in [0.15, 0.2) is 24.3 Å². The first-order valence-corrected chi connectivity index (χ1v) is 8.43. The summed E-state index contributed by atoms with van der Waals surface area (Å²) >= 11 is 0. The Balaban J connectivity index is 1.98. The van der Waals surface area contributed by atoms with E-state index in [0.717, 1.165) is 11.7 Å². The minimum atomic E-state index is 0.209. The zero-order chi connectivity index (χ0) is 15.7. The van der Waals surface area contributed by atoms with Crippen LogP contribution >= 0.6 is 0 Å². The van der Waals surface area contributed by atoms with Gasteiger partial charge in [0.05, 0.1) is 6.10 Å². The second-order valence-electron chi connectivity index (χ2n) is 8.74. The lowest BCUT2D eigenvalue weighted by molar-refractivity contribution is 0.0746. The van der Waals surface area contributed by atoms with Gasteiger partial charge in [0.1, 0.15) is 5.75 Å². The van der Waals surface area contributed by atoms with E-state index < -0.39 is 0 Å². The molecule has 1 aromatic carbocycles. The highest BCUT2D eigenvalue weighted by Gasteiger charge is 2.31. The van der Waals surface area contributed by atoms with Crippen LogP contribution in [0.2, 0.25) is 0 Å². The van der Waals surface area contributed by atoms with E-state index in [4.69, 9.17) is 4.74 Å². The SMILES string of the molecule is CC(C)(C)c1ccc(OC2CCCC(C(C)(C)C)C2)cc1. The molecule has 2 atom stereocenters. The van der Waals surface area contributed by atoms with Crippen LogP contribution in [0.5, 0.6) is 5.75 Å². The van der Waals surface area contributed by atoms with Gasteiger partial charge in [0.15, 0.2) is 0 Å². The fourth-order valence-electron chi connectivity index (χ4n) is 3.26. The molecule has 21 heavy (non-hydrogen) atoms. The van der Waals surface area contributed by atoms with Crippen LogP contribution in [0.25, 0.3) is 0 Å². The maximum Gasteiger partial charge on any atom is 0.119 e. The molecule has 1 fully saturated rings. The van der Waals surface area contributed by atoms with E-state index in [0.29, 0.717) is 11.5 Å². The fourth-order valence-corrected chi connectivity index (χ4v) is 3.26. The molecule has 1 heteroatoms. The first kappa shape index (κ1) is 16.4. The summed E-state index contributed by atoms with van der Waals surface area (Å²) in [4.78, 5) is 0. The standard InChI is InChI=1S/C20H32O/c1-19(2,3)15-10-12-17(13-11-15)21-18-9-7-8-16(14-18)20(4,5)6/h10-13,16,18H,7-9,14H2,1-6H3. The number of benzene rings is 1. The van der Waals surface area contributed by atoms with Crippen molar-refractivity contribution < 1.29 is 4.74 Å². The van der Waals surface area contributed by atoms with Crippen molar-refractivity contribution in [2.24, 2.45) is 11.3 Å². The van der Waals surface area contributed by atoms with Gasteiger partial charge in [0.2, 0.25) is 0 Å². The van der Waals surface area contributed by atoms with Crippen molar-refractivity contribution in [2.45, 2.75) is 78.7 Å². The summed E-state index contributed by atoms with van der Waals surface area (Å²) in [6, 6.07) is 8.70. The van der Waals surface area contributed by atoms with Crippen molar-refractivity contribution in [2.75, 3.05) is 0 Å². The van der Waals surface area contributed by atoms with Gasteiger partial charge < -0.3 is 4.74 Å². The van der Waals surface area contributed by atoms with Gasteiger partial charge in [0, 0.05) is 0 Å². The average Bonchev–Trinajstić information content (AvgIpc) is 2.37. The first-order valence-electron chi connectivity index (χ1n) is 8.43. The number of rotatable bonds is 2. The fraction of sp³-hybridized carbons (Fsp3) is 0.700. The third-order valence-electron chi connectivity index (χ3n) is 4.87. The van der Waals surface area contributed by atoms with E-state index >= 15 is 0 Å². The van der Waals surface area contributed by atoms with Crippen molar-refractivity contribution in [3.05, 3.63) is 29.8 Å². The predicted octanol–water partition coefficient (Wildman–Crippen LogP) is 5.97. The molecule has 2 rings (SSSR count). The molecule has 1 aliphatic carbocycles. The quantitative estimate of drug-likeness (QED) is 0.651. The maximum absolute atomic E-state index is 6.25. The third kappa shape index (κ3) is 4.49. The molecule has 1 nitrogen and oxygen atoms in total. The van der Waals surface area contributed by atoms with Gasteiger partial charge in [-0.25, -0.2) is 0 Å². The largest absolute Gasteiger partial charge is 0.490 e. The van der Waals surface area contributed by atoms with Crippen LogP contribution in [-0.2, 0) is 5.41 Å². The molecule has 0 saturated heterocycles. The van der Waals surface area contributed by atoms with Crippen LogP contribution in [0.3, 0.4) is 0 Å². The van der Waals surface area contributed by atoms with Gasteiger partial charge >= 0.3 is 0 Å². The second-order valence-corrected chi connectivity index (χ2v) is 8.74. The lowest BCUT2D eigenvalue weighted by Gasteiger charge is -2.37. The highest BCUT2D eigenvalue weighted by Crippen LogP contribution is 2.39. The molecule has 0 bridgehead atoms. The first-order chi connectivity index (χ1) is 9.66.